The number of anilines is 1. The van der Waals surface area contributed by atoms with Crippen LogP contribution in [0.15, 0.2) is 54.6 Å². The predicted octanol–water partition coefficient (Wildman–Crippen LogP) is 3.07. The smallest absolute Gasteiger partial charge is 0.337 e. The number of amides is 2. The van der Waals surface area contributed by atoms with E-state index in [2.05, 4.69) is 15.4 Å². The van der Waals surface area contributed by atoms with Crippen molar-refractivity contribution in [3.05, 3.63) is 65.7 Å². The number of hydrogen-bond acceptors (Lipinski definition) is 4. The fraction of sp³-hybridized carbons (Fsp3) is 0.250. The van der Waals surface area contributed by atoms with Crippen molar-refractivity contribution in [1.29, 1.82) is 0 Å². The minimum Gasteiger partial charge on any atom is -0.481 e. The lowest BCUT2D eigenvalue weighted by Crippen LogP contribution is -2.39. The Morgan fingerprint density at radius 1 is 1.04 bits per heavy atom. The van der Waals surface area contributed by atoms with Crippen molar-refractivity contribution in [2.75, 3.05) is 12.4 Å². The van der Waals surface area contributed by atoms with Crippen molar-refractivity contribution < 1.29 is 24.2 Å². The average Bonchev–Trinajstić information content (AvgIpc) is 2.66. The van der Waals surface area contributed by atoms with Gasteiger partial charge in [0.05, 0.1) is 12.7 Å². The molecule has 1 unspecified atom stereocenters. The zero-order chi connectivity index (χ0) is 19.6. The van der Waals surface area contributed by atoms with E-state index in [-0.39, 0.29) is 12.5 Å². The van der Waals surface area contributed by atoms with E-state index in [0.29, 0.717) is 24.1 Å². The van der Waals surface area contributed by atoms with Crippen LogP contribution >= 0.6 is 0 Å². The Labute approximate surface area is 157 Å². The van der Waals surface area contributed by atoms with E-state index >= 15 is 0 Å². The van der Waals surface area contributed by atoms with Crippen molar-refractivity contribution in [2.45, 2.75) is 25.3 Å². The Balaban J connectivity index is 1.97. The Bertz CT molecular complexity index is 775. The van der Waals surface area contributed by atoms with E-state index in [1.807, 2.05) is 30.3 Å². The number of ether oxygens (including phenoxy) is 1. The maximum atomic E-state index is 12.3. The molecular formula is C20H22N2O5. The van der Waals surface area contributed by atoms with Crippen LogP contribution in [0.4, 0.5) is 10.5 Å². The van der Waals surface area contributed by atoms with Crippen molar-refractivity contribution in [1.82, 2.24) is 5.32 Å². The zero-order valence-corrected chi connectivity index (χ0v) is 15.0. The number of carboxylic acid groups (broad SMARTS) is 1. The van der Waals surface area contributed by atoms with Gasteiger partial charge in [-0.15, -0.1) is 0 Å². The van der Waals surface area contributed by atoms with Gasteiger partial charge in [-0.25, -0.2) is 9.59 Å². The van der Waals surface area contributed by atoms with Gasteiger partial charge in [-0.05, 0) is 42.7 Å². The monoisotopic (exact) mass is 370 g/mol. The van der Waals surface area contributed by atoms with Gasteiger partial charge in [-0.3, -0.25) is 4.79 Å². The number of carbonyl (C=O) groups is 3. The first-order valence-electron chi connectivity index (χ1n) is 8.49. The number of urea groups is 1. The number of benzene rings is 2. The molecule has 0 aliphatic heterocycles. The van der Waals surface area contributed by atoms with Gasteiger partial charge in [0.2, 0.25) is 0 Å². The number of nitrogens with one attached hydrogen (secondary N) is 2. The Hall–Kier alpha value is -3.35. The topological polar surface area (TPSA) is 105 Å². The summed E-state index contributed by atoms with van der Waals surface area (Å²) in [5.74, 6) is -1.36. The maximum Gasteiger partial charge on any atom is 0.337 e. The fourth-order valence-electron chi connectivity index (χ4n) is 2.58. The largest absolute Gasteiger partial charge is 0.481 e. The number of esters is 1. The number of hydrogen-bond donors (Lipinski definition) is 3. The summed E-state index contributed by atoms with van der Waals surface area (Å²) in [6, 6.07) is 15.1. The van der Waals surface area contributed by atoms with Crippen LogP contribution in [0.3, 0.4) is 0 Å². The molecular weight excluding hydrogens is 348 g/mol. The first kappa shape index (κ1) is 20.0. The van der Waals surface area contributed by atoms with E-state index in [1.165, 1.54) is 7.11 Å². The Morgan fingerprint density at radius 3 is 2.30 bits per heavy atom. The molecule has 0 spiro atoms. The number of carboxylic acids is 1. The van der Waals surface area contributed by atoms with Crippen molar-refractivity contribution in [3.8, 4) is 0 Å². The van der Waals surface area contributed by atoms with E-state index < -0.39 is 18.0 Å². The summed E-state index contributed by atoms with van der Waals surface area (Å²) < 4.78 is 4.63. The standard InChI is InChI=1S/C20H22N2O5/c1-27-19(25)15-7-9-16(10-8-15)21-20(26)22-17(11-12-18(23)24)13-14-5-3-2-4-6-14/h2-10,17H,11-13H2,1H3,(H,23,24)(H2,21,22,26). The van der Waals surface area contributed by atoms with E-state index in [0.717, 1.165) is 5.56 Å². The van der Waals surface area contributed by atoms with Gasteiger partial charge >= 0.3 is 18.0 Å². The van der Waals surface area contributed by atoms with Crippen molar-refractivity contribution in [3.63, 3.8) is 0 Å². The number of carbonyl (C=O) groups excluding carboxylic acids is 2. The first-order chi connectivity index (χ1) is 13.0. The number of rotatable bonds is 8. The first-order valence-corrected chi connectivity index (χ1v) is 8.49. The van der Waals surface area contributed by atoms with Crippen LogP contribution in [0.2, 0.25) is 0 Å². The second-order valence-electron chi connectivity index (χ2n) is 5.99. The second kappa shape index (κ2) is 9.96. The molecule has 0 aliphatic rings. The molecule has 7 heteroatoms. The van der Waals surface area contributed by atoms with Crippen LogP contribution in [0.5, 0.6) is 0 Å². The summed E-state index contributed by atoms with van der Waals surface area (Å²) in [5.41, 5.74) is 1.90. The van der Waals surface area contributed by atoms with E-state index in [9.17, 15) is 14.4 Å². The number of aliphatic carboxylic acids is 1. The third-order valence-corrected chi connectivity index (χ3v) is 3.93. The molecule has 3 N–H and O–H groups in total. The van der Waals surface area contributed by atoms with Gasteiger partial charge in [0.25, 0.3) is 0 Å². The SMILES string of the molecule is COC(=O)c1ccc(NC(=O)NC(CCC(=O)O)Cc2ccccc2)cc1. The van der Waals surface area contributed by atoms with E-state index in [1.54, 1.807) is 24.3 Å². The molecule has 2 aromatic rings. The van der Waals surface area contributed by atoms with Crippen LogP contribution in [0.1, 0.15) is 28.8 Å². The van der Waals surface area contributed by atoms with Crippen LogP contribution in [-0.2, 0) is 16.0 Å². The lowest BCUT2D eigenvalue weighted by Gasteiger charge is -2.19. The van der Waals surface area contributed by atoms with Gasteiger partial charge in [0, 0.05) is 18.2 Å². The zero-order valence-electron chi connectivity index (χ0n) is 15.0. The highest BCUT2D eigenvalue weighted by molar-refractivity contribution is 5.92. The summed E-state index contributed by atoms with van der Waals surface area (Å²) in [5, 5.41) is 14.4. The number of methoxy groups -OCH3 is 1. The van der Waals surface area contributed by atoms with E-state index in [4.69, 9.17) is 5.11 Å². The summed E-state index contributed by atoms with van der Waals surface area (Å²) in [6.45, 7) is 0. The van der Waals surface area contributed by atoms with Crippen LogP contribution < -0.4 is 10.6 Å². The molecule has 0 aliphatic carbocycles. The quantitative estimate of drug-likeness (QED) is 0.620. The lowest BCUT2D eigenvalue weighted by atomic mass is 10.0. The molecule has 2 amide bonds. The van der Waals surface area contributed by atoms with Gasteiger partial charge in [0.15, 0.2) is 0 Å². The van der Waals surface area contributed by atoms with Crippen LogP contribution in [-0.4, -0.2) is 36.2 Å². The molecule has 0 heterocycles. The third-order valence-electron chi connectivity index (χ3n) is 3.93. The molecule has 0 saturated heterocycles. The maximum absolute atomic E-state index is 12.3. The highest BCUT2D eigenvalue weighted by atomic mass is 16.5. The molecule has 7 nitrogen and oxygen atoms in total. The summed E-state index contributed by atoms with van der Waals surface area (Å²) in [4.78, 5) is 34.6. The molecule has 2 aromatic carbocycles. The molecule has 0 fully saturated rings. The third kappa shape index (κ3) is 6.81. The lowest BCUT2D eigenvalue weighted by molar-refractivity contribution is -0.137. The second-order valence-corrected chi connectivity index (χ2v) is 5.99. The minimum atomic E-state index is -0.909. The van der Waals surface area contributed by atoms with Crippen LogP contribution in [0, 0.1) is 0 Å². The highest BCUT2D eigenvalue weighted by Gasteiger charge is 2.15. The Kier molecular flexibility index (Phi) is 7.37. The molecule has 0 saturated carbocycles. The molecule has 1 atom stereocenters. The van der Waals surface area contributed by atoms with Gasteiger partial charge in [-0.1, -0.05) is 30.3 Å². The van der Waals surface area contributed by atoms with Gasteiger partial charge < -0.3 is 20.5 Å². The summed E-state index contributed by atoms with van der Waals surface area (Å²) in [7, 11) is 1.30. The average molecular weight is 370 g/mol. The van der Waals surface area contributed by atoms with Crippen molar-refractivity contribution in [2.24, 2.45) is 0 Å². The molecule has 0 bridgehead atoms. The predicted molar refractivity (Wildman–Crippen MR) is 101 cm³/mol. The fourth-order valence-corrected chi connectivity index (χ4v) is 2.58. The normalized spacial score (nSPS) is 11.3. The molecule has 0 radical (unpaired) electrons. The molecule has 2 rings (SSSR count). The molecule has 27 heavy (non-hydrogen) atoms. The van der Waals surface area contributed by atoms with Crippen LogP contribution in [0.25, 0.3) is 0 Å². The minimum absolute atomic E-state index is 0.0361. The molecule has 142 valence electrons. The summed E-state index contributed by atoms with van der Waals surface area (Å²) in [6.07, 6.45) is 0.813. The molecule has 0 aromatic heterocycles. The highest BCUT2D eigenvalue weighted by Crippen LogP contribution is 2.12. The summed E-state index contributed by atoms with van der Waals surface area (Å²) >= 11 is 0. The van der Waals surface area contributed by atoms with Crippen molar-refractivity contribution >= 4 is 23.7 Å². The van der Waals surface area contributed by atoms with Gasteiger partial charge in [-0.2, -0.15) is 0 Å². The Morgan fingerprint density at radius 2 is 1.70 bits per heavy atom. The van der Waals surface area contributed by atoms with Gasteiger partial charge in [0.1, 0.15) is 0 Å².